The van der Waals surface area contributed by atoms with Crippen molar-refractivity contribution in [2.24, 2.45) is 0 Å². The van der Waals surface area contributed by atoms with Crippen molar-refractivity contribution >= 4 is 49.8 Å². The lowest BCUT2D eigenvalue weighted by molar-refractivity contribution is 0.0835. The van der Waals surface area contributed by atoms with Crippen LogP contribution in [-0.2, 0) is 9.84 Å². The second-order valence-electron chi connectivity index (χ2n) is 10.8. The molecule has 13 heteroatoms. The molecule has 10 nitrogen and oxygen atoms in total. The summed E-state index contributed by atoms with van der Waals surface area (Å²) in [5.41, 5.74) is 3.11. The van der Waals surface area contributed by atoms with E-state index in [1.165, 1.54) is 12.4 Å². The Morgan fingerprint density at radius 2 is 1.83 bits per heavy atom. The lowest BCUT2D eigenvalue weighted by Gasteiger charge is -2.55. The normalized spacial score (nSPS) is 19.0. The van der Waals surface area contributed by atoms with Crippen molar-refractivity contribution < 1.29 is 13.2 Å². The molecule has 0 radical (unpaired) electrons. The Kier molecular flexibility index (Phi) is 7.06. The number of benzene rings is 1. The summed E-state index contributed by atoms with van der Waals surface area (Å²) in [6.07, 6.45) is 4.37. The summed E-state index contributed by atoms with van der Waals surface area (Å²) in [7, 11) is -2.94. The average Bonchev–Trinajstić information content (AvgIpc) is 3.34. The van der Waals surface area contributed by atoms with Crippen LogP contribution in [0.2, 0.25) is 10.0 Å². The summed E-state index contributed by atoms with van der Waals surface area (Å²) in [4.78, 5) is 13.0. The van der Waals surface area contributed by atoms with Crippen molar-refractivity contribution in [2.45, 2.75) is 25.5 Å². The van der Waals surface area contributed by atoms with Gasteiger partial charge in [0.05, 0.1) is 38.2 Å². The minimum Gasteiger partial charge on any atom is -0.486 e. The van der Waals surface area contributed by atoms with Crippen LogP contribution in [0.3, 0.4) is 0 Å². The van der Waals surface area contributed by atoms with E-state index >= 15 is 0 Å². The van der Waals surface area contributed by atoms with Crippen LogP contribution in [0.4, 0.5) is 5.82 Å². The summed E-state index contributed by atoms with van der Waals surface area (Å²) in [6, 6.07) is 9.69. The molecule has 2 aliphatic rings. The van der Waals surface area contributed by atoms with E-state index in [1.54, 1.807) is 12.3 Å². The second kappa shape index (κ2) is 10.4. The molecule has 1 aromatic carbocycles. The molecule has 4 aromatic rings. The highest BCUT2D eigenvalue weighted by atomic mass is 35.5. The first-order chi connectivity index (χ1) is 19.6. The van der Waals surface area contributed by atoms with Gasteiger partial charge in [0.15, 0.2) is 9.84 Å². The predicted molar refractivity (Wildman–Crippen MR) is 158 cm³/mol. The third-order valence-electron chi connectivity index (χ3n) is 7.87. The van der Waals surface area contributed by atoms with Crippen molar-refractivity contribution in [1.82, 2.24) is 25.1 Å². The Hall–Kier alpha value is -3.43. The zero-order valence-corrected chi connectivity index (χ0v) is 24.8. The molecule has 41 heavy (non-hydrogen) atoms. The highest BCUT2D eigenvalue weighted by Crippen LogP contribution is 2.37. The van der Waals surface area contributed by atoms with Gasteiger partial charge in [-0.1, -0.05) is 23.2 Å². The van der Waals surface area contributed by atoms with Crippen LogP contribution in [0.1, 0.15) is 31.1 Å². The number of fused-ring (bicyclic) bond motifs is 1. The molecule has 2 saturated heterocycles. The van der Waals surface area contributed by atoms with Gasteiger partial charge in [0.1, 0.15) is 29.4 Å². The number of halogens is 2. The van der Waals surface area contributed by atoms with Crippen LogP contribution in [0.5, 0.6) is 5.75 Å². The monoisotopic (exact) mass is 611 g/mol. The number of nitrogens with zero attached hydrogens (tertiary/aromatic N) is 6. The topological polar surface area (TPSA) is 128 Å². The van der Waals surface area contributed by atoms with Crippen LogP contribution in [0.15, 0.2) is 42.9 Å². The maximum atomic E-state index is 11.8. The van der Waals surface area contributed by atoms with Crippen molar-refractivity contribution in [3.63, 3.8) is 0 Å². The van der Waals surface area contributed by atoms with Gasteiger partial charge < -0.3 is 9.64 Å². The molecule has 0 saturated carbocycles. The summed E-state index contributed by atoms with van der Waals surface area (Å²) in [5.74, 6) is 1.59. The molecule has 2 fully saturated rings. The van der Waals surface area contributed by atoms with Gasteiger partial charge in [0.25, 0.3) is 0 Å². The van der Waals surface area contributed by atoms with E-state index in [2.05, 4.69) is 43.0 Å². The molecule has 0 aliphatic carbocycles. The van der Waals surface area contributed by atoms with E-state index in [0.29, 0.717) is 70.2 Å². The number of anilines is 1. The highest BCUT2D eigenvalue weighted by Gasteiger charge is 2.46. The van der Waals surface area contributed by atoms with E-state index in [4.69, 9.17) is 27.9 Å². The van der Waals surface area contributed by atoms with Gasteiger partial charge in [0.2, 0.25) is 0 Å². The predicted octanol–water partition coefficient (Wildman–Crippen LogP) is 4.65. The molecule has 0 bridgehead atoms. The number of pyridine rings is 2. The van der Waals surface area contributed by atoms with Crippen molar-refractivity contribution in [3.05, 3.63) is 64.0 Å². The van der Waals surface area contributed by atoms with Crippen molar-refractivity contribution in [3.8, 4) is 23.1 Å². The number of H-pyrrole nitrogens is 1. The molecular weight excluding hydrogens is 585 g/mol. The molecule has 2 aliphatic heterocycles. The first-order valence-corrected chi connectivity index (χ1v) is 15.7. The largest absolute Gasteiger partial charge is 0.486 e. The summed E-state index contributed by atoms with van der Waals surface area (Å²) < 4.78 is 29.9. The van der Waals surface area contributed by atoms with Gasteiger partial charge in [-0.25, -0.2) is 13.4 Å². The summed E-state index contributed by atoms with van der Waals surface area (Å²) in [5, 5.41) is 19.2. The zero-order chi connectivity index (χ0) is 28.9. The fourth-order valence-electron chi connectivity index (χ4n) is 5.66. The van der Waals surface area contributed by atoms with Gasteiger partial charge in [-0.15, -0.1) is 0 Å². The number of sulfone groups is 1. The molecule has 0 unspecified atom stereocenters. The van der Waals surface area contributed by atoms with E-state index in [-0.39, 0.29) is 17.0 Å². The van der Waals surface area contributed by atoms with Gasteiger partial charge >= 0.3 is 0 Å². The molecule has 3 aromatic heterocycles. The fraction of sp³-hybridized carbons (Fsp3) is 0.357. The Morgan fingerprint density at radius 3 is 2.51 bits per heavy atom. The lowest BCUT2D eigenvalue weighted by atomic mass is 9.89. The van der Waals surface area contributed by atoms with Gasteiger partial charge in [0, 0.05) is 61.3 Å². The van der Waals surface area contributed by atoms with Gasteiger partial charge in [-0.2, -0.15) is 10.4 Å². The van der Waals surface area contributed by atoms with Crippen LogP contribution in [0.25, 0.3) is 22.2 Å². The van der Waals surface area contributed by atoms with E-state index in [0.717, 1.165) is 10.9 Å². The molecule has 1 atom stereocenters. The smallest absolute Gasteiger partial charge is 0.152 e. The van der Waals surface area contributed by atoms with Crippen molar-refractivity contribution in [1.29, 1.82) is 5.26 Å². The fourth-order valence-corrected chi connectivity index (χ4v) is 7.53. The first-order valence-electron chi connectivity index (χ1n) is 13.1. The number of hydrogen-bond donors (Lipinski definition) is 1. The molecule has 6 rings (SSSR count). The molecule has 1 N–H and O–H groups in total. The van der Waals surface area contributed by atoms with Crippen LogP contribution >= 0.6 is 23.2 Å². The quantitative estimate of drug-likeness (QED) is 0.331. The van der Waals surface area contributed by atoms with Crippen LogP contribution in [0, 0.1) is 11.3 Å². The van der Waals surface area contributed by atoms with E-state index in [9.17, 15) is 13.7 Å². The lowest BCUT2D eigenvalue weighted by Crippen LogP contribution is -2.70. The second-order valence-corrected chi connectivity index (χ2v) is 13.9. The Balaban J connectivity index is 1.22. The third kappa shape index (κ3) is 5.21. The standard InChI is InChI=1S/C28H27Cl2N7O3S/c1-17(25-22(29)13-32-14-23(25)30)40-20-3-4-24-21(10-20)26(35-34-24)19-9-18(11-31)27(33-12-19)36-15-28(2,16-36)37-5-7-41(38,39)8-6-37/h3-4,9-10,12-14,17H,5-8,15-16H2,1-2H3,(H,34,35)/t17-/m1/s1. The van der Waals surface area contributed by atoms with E-state index < -0.39 is 15.9 Å². The number of nitriles is 1. The number of aromatic amines is 1. The van der Waals surface area contributed by atoms with Crippen molar-refractivity contribution in [2.75, 3.05) is 42.6 Å². The third-order valence-corrected chi connectivity index (χ3v) is 10.1. The number of rotatable bonds is 6. The number of ether oxygens (including phenoxy) is 1. The molecule has 0 amide bonds. The average molecular weight is 613 g/mol. The Labute approximate surface area is 247 Å². The maximum absolute atomic E-state index is 11.8. The van der Waals surface area contributed by atoms with Crippen LogP contribution in [-0.4, -0.2) is 76.7 Å². The van der Waals surface area contributed by atoms with Gasteiger partial charge in [-0.3, -0.25) is 15.0 Å². The zero-order valence-electron chi connectivity index (χ0n) is 22.4. The molecule has 5 heterocycles. The number of aromatic nitrogens is 4. The highest BCUT2D eigenvalue weighted by molar-refractivity contribution is 7.91. The Morgan fingerprint density at radius 1 is 1.12 bits per heavy atom. The van der Waals surface area contributed by atoms with Crippen LogP contribution < -0.4 is 9.64 Å². The number of nitrogens with one attached hydrogen (secondary N) is 1. The molecule has 0 spiro atoms. The Bertz CT molecular complexity index is 1760. The van der Waals surface area contributed by atoms with E-state index in [1.807, 2.05) is 25.1 Å². The molecule has 212 valence electrons. The SMILES string of the molecule is C[C@@H](Oc1ccc2[nH]nc(-c3cnc(N4CC(C)(N5CCS(=O)(=O)CC5)C4)c(C#N)c3)c2c1)c1c(Cl)cncc1Cl. The maximum Gasteiger partial charge on any atom is 0.152 e. The first kappa shape index (κ1) is 27.7. The minimum absolute atomic E-state index is 0.153. The molecular formula is C28H27Cl2N7O3S. The summed E-state index contributed by atoms with van der Waals surface area (Å²) in [6.45, 7) is 6.40. The minimum atomic E-state index is -2.94. The van der Waals surface area contributed by atoms with Gasteiger partial charge in [-0.05, 0) is 38.1 Å². The summed E-state index contributed by atoms with van der Waals surface area (Å²) >= 11 is 12.6. The number of hydrogen-bond acceptors (Lipinski definition) is 9.